The highest BCUT2D eigenvalue weighted by atomic mass is 35.5. The summed E-state index contributed by atoms with van der Waals surface area (Å²) in [5.41, 5.74) is 0.546. The molecule has 2 N–H and O–H groups in total. The Balaban J connectivity index is 1.71. The zero-order valence-electron chi connectivity index (χ0n) is 18.2. The maximum Gasteiger partial charge on any atom is 0.266 e. The maximum absolute atomic E-state index is 13.8. The van der Waals surface area contributed by atoms with Crippen LogP contribution in [-0.2, 0) is 19.6 Å². The summed E-state index contributed by atoms with van der Waals surface area (Å²) in [5, 5.41) is 5.66. The first-order valence-electron chi connectivity index (χ1n) is 11.1. The summed E-state index contributed by atoms with van der Waals surface area (Å²) in [4.78, 5) is 25.7. The average Bonchev–Trinajstić information content (AvgIpc) is 3.05. The Kier molecular flexibility index (Phi) is 7.62. The minimum Gasteiger partial charge on any atom is -0.353 e. The van der Waals surface area contributed by atoms with E-state index in [1.54, 1.807) is 24.3 Å². The normalized spacial score (nSPS) is 19.2. The predicted octanol–water partition coefficient (Wildman–Crippen LogP) is 5.39. The van der Waals surface area contributed by atoms with Gasteiger partial charge in [0.2, 0.25) is 11.8 Å². The second-order valence-electron chi connectivity index (χ2n) is 8.48. The van der Waals surface area contributed by atoms with Gasteiger partial charge in [0.1, 0.15) is 10.9 Å². The molecule has 34 heavy (non-hydrogen) atoms. The van der Waals surface area contributed by atoms with Crippen LogP contribution in [0.3, 0.4) is 0 Å². The van der Waals surface area contributed by atoms with Crippen molar-refractivity contribution in [3.05, 3.63) is 51.5 Å². The minimum absolute atomic E-state index is 0.00189. The second kappa shape index (κ2) is 10.3. The monoisotopic (exact) mass is 543 g/mol. The van der Waals surface area contributed by atoms with Crippen molar-refractivity contribution in [3.8, 4) is 0 Å². The molecule has 1 aliphatic carbocycles. The van der Waals surface area contributed by atoms with E-state index in [1.165, 1.54) is 6.07 Å². The van der Waals surface area contributed by atoms with E-state index in [0.717, 1.165) is 48.9 Å². The lowest BCUT2D eigenvalue weighted by atomic mass is 10.1. The molecule has 1 fully saturated rings. The minimum atomic E-state index is -4.39. The summed E-state index contributed by atoms with van der Waals surface area (Å²) < 4.78 is 28.6. The quantitative estimate of drug-likeness (QED) is 0.390. The number of anilines is 2. The van der Waals surface area contributed by atoms with Crippen LogP contribution in [0.25, 0.3) is 0 Å². The first kappa shape index (κ1) is 25.1. The number of carbonyl (C=O) groups excluding carboxylic acids is 2. The van der Waals surface area contributed by atoms with Crippen molar-refractivity contribution in [1.29, 1.82) is 0 Å². The molecule has 0 aromatic heterocycles. The van der Waals surface area contributed by atoms with Gasteiger partial charge in [-0.05, 0) is 37.1 Å². The van der Waals surface area contributed by atoms with E-state index in [4.69, 9.17) is 34.8 Å². The highest BCUT2D eigenvalue weighted by molar-refractivity contribution is 7.93. The summed E-state index contributed by atoms with van der Waals surface area (Å²) in [7, 11) is -4.39. The number of amides is 2. The Labute approximate surface area is 213 Å². The summed E-state index contributed by atoms with van der Waals surface area (Å²) in [5.74, 6) is -0.985. The Morgan fingerprint density at radius 2 is 1.65 bits per heavy atom. The fourth-order valence-electron chi connectivity index (χ4n) is 4.43. The zero-order valence-corrected chi connectivity index (χ0v) is 21.3. The summed E-state index contributed by atoms with van der Waals surface area (Å²) in [6.07, 6.45) is 5.71. The van der Waals surface area contributed by atoms with E-state index in [9.17, 15) is 18.0 Å². The molecule has 4 rings (SSSR count). The third kappa shape index (κ3) is 5.15. The number of halogens is 3. The molecule has 0 radical (unpaired) electrons. The van der Waals surface area contributed by atoms with Crippen molar-refractivity contribution >= 4 is 68.0 Å². The van der Waals surface area contributed by atoms with Crippen LogP contribution < -0.4 is 14.9 Å². The molecular formula is C23H24Cl3N3O4S. The van der Waals surface area contributed by atoms with Gasteiger partial charge in [-0.2, -0.15) is 0 Å². The number of benzene rings is 2. The predicted molar refractivity (Wildman–Crippen MR) is 134 cm³/mol. The Morgan fingerprint density at radius 3 is 2.35 bits per heavy atom. The molecule has 2 aliphatic rings. The van der Waals surface area contributed by atoms with E-state index in [2.05, 4.69) is 10.6 Å². The lowest BCUT2D eigenvalue weighted by Gasteiger charge is -2.37. The van der Waals surface area contributed by atoms with Crippen molar-refractivity contribution < 1.29 is 18.0 Å². The van der Waals surface area contributed by atoms with Gasteiger partial charge in [-0.25, -0.2) is 8.42 Å². The van der Waals surface area contributed by atoms with Crippen LogP contribution in [0, 0.1) is 0 Å². The van der Waals surface area contributed by atoms with Crippen molar-refractivity contribution in [2.75, 3.05) is 9.62 Å². The summed E-state index contributed by atoms with van der Waals surface area (Å²) in [6.45, 7) is 0. The topological polar surface area (TPSA) is 95.6 Å². The highest BCUT2D eigenvalue weighted by Gasteiger charge is 2.43. The molecule has 1 aliphatic heterocycles. The number of fused-ring (bicyclic) bond motifs is 1. The lowest BCUT2D eigenvalue weighted by molar-refractivity contribution is -0.125. The number of nitrogens with one attached hydrogen (secondary N) is 2. The van der Waals surface area contributed by atoms with Gasteiger partial charge in [0.25, 0.3) is 10.0 Å². The van der Waals surface area contributed by atoms with E-state index < -0.39 is 22.0 Å². The van der Waals surface area contributed by atoms with Gasteiger partial charge in [0, 0.05) is 6.04 Å². The maximum atomic E-state index is 13.8. The average molecular weight is 545 g/mol. The number of hydrogen-bond donors (Lipinski definition) is 2. The zero-order chi connectivity index (χ0) is 24.5. The van der Waals surface area contributed by atoms with Gasteiger partial charge in [-0.3, -0.25) is 13.9 Å². The summed E-state index contributed by atoms with van der Waals surface area (Å²) >= 11 is 18.3. The van der Waals surface area contributed by atoms with Gasteiger partial charge in [-0.1, -0.05) is 72.6 Å². The van der Waals surface area contributed by atoms with Gasteiger partial charge in [0.15, 0.2) is 0 Å². The van der Waals surface area contributed by atoms with Crippen LogP contribution in [0.2, 0.25) is 15.1 Å². The summed E-state index contributed by atoms with van der Waals surface area (Å²) in [6, 6.07) is 7.58. The molecule has 182 valence electrons. The molecule has 2 aromatic carbocycles. The van der Waals surface area contributed by atoms with Crippen LogP contribution in [0.15, 0.2) is 41.3 Å². The first-order chi connectivity index (χ1) is 16.2. The fourth-order valence-corrected chi connectivity index (χ4v) is 7.04. The van der Waals surface area contributed by atoms with Gasteiger partial charge < -0.3 is 10.6 Å². The third-order valence-corrected chi connectivity index (χ3v) is 9.11. The van der Waals surface area contributed by atoms with Crippen LogP contribution in [0.5, 0.6) is 0 Å². The molecule has 7 nitrogen and oxygen atoms in total. The number of para-hydroxylation sites is 2. The molecule has 1 unspecified atom stereocenters. The molecule has 1 atom stereocenters. The van der Waals surface area contributed by atoms with E-state index in [-0.39, 0.29) is 44.0 Å². The van der Waals surface area contributed by atoms with Gasteiger partial charge >= 0.3 is 0 Å². The molecule has 11 heteroatoms. The largest absolute Gasteiger partial charge is 0.353 e. The Bertz CT molecular complexity index is 1210. The van der Waals surface area contributed by atoms with Crippen molar-refractivity contribution in [2.45, 2.75) is 61.9 Å². The molecule has 2 aromatic rings. The third-order valence-electron chi connectivity index (χ3n) is 6.10. The molecule has 2 amide bonds. The molecule has 1 heterocycles. The molecule has 0 spiro atoms. The standard InChI is InChI=1S/C23H24Cl3N3O4S/c24-15-11-17(26)21(12-16(15)25)34(32,33)29-19-10-6-5-9-18(19)28-23(31)20(29)13-22(30)27-14-7-3-1-2-4-8-14/h5-6,9-12,14,20H,1-4,7-8,13H2,(H,27,30)(H,28,31). The van der Waals surface area contributed by atoms with Crippen LogP contribution in [0.1, 0.15) is 44.9 Å². The van der Waals surface area contributed by atoms with E-state index in [1.807, 2.05) is 0 Å². The van der Waals surface area contributed by atoms with Crippen molar-refractivity contribution in [3.63, 3.8) is 0 Å². The van der Waals surface area contributed by atoms with Crippen LogP contribution in [0.4, 0.5) is 11.4 Å². The molecule has 0 saturated heterocycles. The van der Waals surface area contributed by atoms with Crippen LogP contribution >= 0.6 is 34.8 Å². The van der Waals surface area contributed by atoms with E-state index >= 15 is 0 Å². The van der Waals surface area contributed by atoms with Crippen LogP contribution in [-0.4, -0.2) is 32.3 Å². The van der Waals surface area contributed by atoms with E-state index in [0.29, 0.717) is 5.69 Å². The number of sulfonamides is 1. The number of nitrogens with zero attached hydrogens (tertiary/aromatic N) is 1. The number of carbonyl (C=O) groups is 2. The SMILES string of the molecule is O=C(CC1C(=O)Nc2ccccc2N1S(=O)(=O)c1cc(Cl)c(Cl)cc1Cl)NC1CCCCCC1. The fraction of sp³-hybridized carbons (Fsp3) is 0.391. The van der Waals surface area contributed by atoms with Crippen molar-refractivity contribution in [1.82, 2.24) is 5.32 Å². The molecule has 1 saturated carbocycles. The Hall–Kier alpha value is -2.00. The van der Waals surface area contributed by atoms with Gasteiger partial charge in [0.05, 0.1) is 32.9 Å². The first-order valence-corrected chi connectivity index (χ1v) is 13.6. The second-order valence-corrected chi connectivity index (χ2v) is 11.5. The molecular weight excluding hydrogens is 521 g/mol. The number of hydrogen-bond acceptors (Lipinski definition) is 4. The lowest BCUT2D eigenvalue weighted by Crippen LogP contribution is -2.53. The Morgan fingerprint density at radius 1 is 1.00 bits per heavy atom. The van der Waals surface area contributed by atoms with Crippen molar-refractivity contribution in [2.24, 2.45) is 0 Å². The van der Waals surface area contributed by atoms with Gasteiger partial charge in [-0.15, -0.1) is 0 Å². The molecule has 0 bridgehead atoms. The number of rotatable bonds is 5. The highest BCUT2D eigenvalue weighted by Crippen LogP contribution is 2.40. The smallest absolute Gasteiger partial charge is 0.266 e.